The van der Waals surface area contributed by atoms with E-state index < -0.39 is 40.3 Å². The minimum absolute atomic E-state index is 0.0217. The summed E-state index contributed by atoms with van der Waals surface area (Å²) in [6.07, 6.45) is -1.59. The van der Waals surface area contributed by atoms with Gasteiger partial charge in [-0.3, -0.25) is 10.1 Å². The van der Waals surface area contributed by atoms with Crippen molar-refractivity contribution in [3.63, 3.8) is 0 Å². The van der Waals surface area contributed by atoms with Gasteiger partial charge in [-0.05, 0) is 17.0 Å². The molecule has 46 heavy (non-hydrogen) atoms. The van der Waals surface area contributed by atoms with Gasteiger partial charge >= 0.3 is 12.3 Å². The van der Waals surface area contributed by atoms with Crippen molar-refractivity contribution in [3.8, 4) is 11.5 Å². The maximum Gasteiger partial charge on any atom is 0.434 e. The van der Waals surface area contributed by atoms with Gasteiger partial charge < -0.3 is 10.4 Å². The van der Waals surface area contributed by atoms with Gasteiger partial charge in [-0.2, -0.15) is 28.5 Å². The molecule has 0 spiro atoms. The first-order valence-corrected chi connectivity index (χ1v) is 14.2. The van der Waals surface area contributed by atoms with E-state index in [1.807, 2.05) is 20.8 Å². The number of anilines is 2. The van der Waals surface area contributed by atoms with Crippen molar-refractivity contribution in [2.24, 2.45) is 0 Å². The molecule has 240 valence electrons. The SMILES string of the molecule is CC(C)(C)c1nc(NC(=O)O)c2cccc(C(C)(C)C)c2c1-n1ncc(C(=O)Nc2cnc(-n3nccn3)c(Cl)c2)c1C(F)(F)F. The lowest BCUT2D eigenvalue weighted by Crippen LogP contribution is -2.26. The molecule has 2 amide bonds. The molecule has 0 bridgehead atoms. The average Bonchev–Trinajstić information content (AvgIpc) is 3.62. The molecular formula is C30H29ClF3N9O3. The molecule has 4 heterocycles. The first kappa shape index (κ1) is 32.3. The second kappa shape index (κ2) is 11.4. The molecular weight excluding hydrogens is 627 g/mol. The number of alkyl halides is 3. The fourth-order valence-corrected chi connectivity index (χ4v) is 5.27. The molecule has 3 N–H and O–H groups in total. The summed E-state index contributed by atoms with van der Waals surface area (Å²) in [5.74, 6) is -1.01. The molecule has 0 radical (unpaired) electrons. The van der Waals surface area contributed by atoms with Gasteiger partial charge in [0.1, 0.15) is 5.82 Å². The number of nitrogens with zero attached hydrogens (tertiary/aromatic N) is 7. The smallest absolute Gasteiger partial charge is 0.434 e. The Hall–Kier alpha value is -5.05. The van der Waals surface area contributed by atoms with Crippen LogP contribution in [0.25, 0.3) is 22.3 Å². The first-order chi connectivity index (χ1) is 21.4. The van der Waals surface area contributed by atoms with E-state index in [-0.39, 0.29) is 39.1 Å². The van der Waals surface area contributed by atoms with Crippen LogP contribution in [0.2, 0.25) is 5.02 Å². The highest BCUT2D eigenvalue weighted by Crippen LogP contribution is 2.43. The number of amides is 2. The van der Waals surface area contributed by atoms with Crippen LogP contribution in [0.3, 0.4) is 0 Å². The fraction of sp³-hybridized carbons (Fsp3) is 0.300. The second-order valence-electron chi connectivity index (χ2n) is 12.4. The van der Waals surface area contributed by atoms with E-state index in [0.717, 1.165) is 11.0 Å². The lowest BCUT2D eigenvalue weighted by Gasteiger charge is -2.29. The predicted molar refractivity (Wildman–Crippen MR) is 165 cm³/mol. The Bertz CT molecular complexity index is 1980. The van der Waals surface area contributed by atoms with E-state index in [4.69, 9.17) is 11.6 Å². The van der Waals surface area contributed by atoms with Gasteiger partial charge in [-0.15, -0.1) is 4.80 Å². The fourth-order valence-electron chi connectivity index (χ4n) is 5.03. The highest BCUT2D eigenvalue weighted by molar-refractivity contribution is 6.32. The molecule has 1 aromatic carbocycles. The standard InChI is InChI=1S/C30H29ClF3N9O3/c1-28(2,3)18-9-7-8-16-20(18)21(22(29(4,5)6)40-24(16)41-27(45)46)42-23(30(32,33)34)17(14-38-42)26(44)39-15-12-19(31)25(35-13-15)43-36-10-11-37-43/h7-14H,1-6H3,(H,39,44)(H,40,41)(H,45,46). The highest BCUT2D eigenvalue weighted by Gasteiger charge is 2.42. The number of fused-ring (bicyclic) bond motifs is 1. The summed E-state index contributed by atoms with van der Waals surface area (Å²) in [6.45, 7) is 10.8. The number of pyridine rings is 2. The van der Waals surface area contributed by atoms with Gasteiger partial charge in [0.15, 0.2) is 11.5 Å². The van der Waals surface area contributed by atoms with Crippen LogP contribution in [0.15, 0.2) is 49.1 Å². The maximum atomic E-state index is 15.0. The Morgan fingerprint density at radius 2 is 1.61 bits per heavy atom. The Kier molecular flexibility index (Phi) is 8.01. The number of hydrogen-bond donors (Lipinski definition) is 3. The van der Waals surface area contributed by atoms with E-state index in [0.29, 0.717) is 15.6 Å². The predicted octanol–water partition coefficient (Wildman–Crippen LogP) is 7.01. The molecule has 0 aliphatic carbocycles. The summed E-state index contributed by atoms with van der Waals surface area (Å²) >= 11 is 6.29. The van der Waals surface area contributed by atoms with E-state index in [1.54, 1.807) is 39.0 Å². The monoisotopic (exact) mass is 655 g/mol. The van der Waals surface area contributed by atoms with E-state index in [2.05, 4.69) is 35.9 Å². The van der Waals surface area contributed by atoms with Crippen molar-refractivity contribution in [3.05, 3.63) is 76.6 Å². The summed E-state index contributed by atoms with van der Waals surface area (Å²) in [5, 5.41) is 26.9. The molecule has 0 saturated heterocycles. The number of nitrogens with one attached hydrogen (secondary N) is 2. The molecule has 0 saturated carbocycles. The van der Waals surface area contributed by atoms with Crippen molar-refractivity contribution < 1.29 is 27.9 Å². The molecule has 5 aromatic rings. The molecule has 16 heteroatoms. The Morgan fingerprint density at radius 1 is 0.935 bits per heavy atom. The summed E-state index contributed by atoms with van der Waals surface area (Å²) in [5.41, 5.74) is -2.91. The van der Waals surface area contributed by atoms with Gasteiger partial charge in [-0.25, -0.2) is 19.4 Å². The molecule has 12 nitrogen and oxygen atoms in total. The molecule has 4 aromatic heterocycles. The molecule has 0 fully saturated rings. The second-order valence-corrected chi connectivity index (χ2v) is 12.8. The third-order valence-corrected chi connectivity index (χ3v) is 7.21. The Labute approximate surface area is 265 Å². The van der Waals surface area contributed by atoms with Gasteiger partial charge in [0, 0.05) is 16.2 Å². The minimum Gasteiger partial charge on any atom is -0.465 e. The number of carboxylic acid groups (broad SMARTS) is 1. The number of halogens is 4. The van der Waals surface area contributed by atoms with Crippen molar-refractivity contribution in [1.82, 2.24) is 34.7 Å². The Morgan fingerprint density at radius 3 is 2.17 bits per heavy atom. The van der Waals surface area contributed by atoms with Crippen LogP contribution < -0.4 is 10.6 Å². The number of benzene rings is 1. The average molecular weight is 656 g/mol. The lowest BCUT2D eigenvalue weighted by molar-refractivity contribution is -0.143. The molecule has 0 aliphatic heterocycles. The zero-order valence-electron chi connectivity index (χ0n) is 25.5. The lowest BCUT2D eigenvalue weighted by atomic mass is 9.81. The number of aromatic nitrogens is 7. The van der Waals surface area contributed by atoms with Crippen LogP contribution in [0.5, 0.6) is 0 Å². The number of carbonyl (C=O) groups excluding carboxylic acids is 1. The third kappa shape index (κ3) is 6.09. The van der Waals surface area contributed by atoms with Gasteiger partial charge in [0.2, 0.25) is 0 Å². The largest absolute Gasteiger partial charge is 0.465 e. The van der Waals surface area contributed by atoms with Gasteiger partial charge in [-0.1, -0.05) is 71.3 Å². The normalized spacial score (nSPS) is 12.4. The number of rotatable bonds is 5. The quantitative estimate of drug-likeness (QED) is 0.183. The van der Waals surface area contributed by atoms with E-state index >= 15 is 13.2 Å². The topological polar surface area (TPSA) is 153 Å². The first-order valence-electron chi connectivity index (χ1n) is 13.8. The summed E-state index contributed by atoms with van der Waals surface area (Å²) in [4.78, 5) is 35.0. The maximum absolute atomic E-state index is 15.0. The van der Waals surface area contributed by atoms with Crippen LogP contribution in [-0.2, 0) is 17.0 Å². The minimum atomic E-state index is -5.06. The third-order valence-electron chi connectivity index (χ3n) is 6.93. The molecule has 0 aliphatic rings. The summed E-state index contributed by atoms with van der Waals surface area (Å²) in [6, 6.07) is 6.31. The zero-order valence-corrected chi connectivity index (χ0v) is 26.3. The molecule has 0 unspecified atom stereocenters. The highest BCUT2D eigenvalue weighted by atomic mass is 35.5. The van der Waals surface area contributed by atoms with Crippen LogP contribution in [0.4, 0.5) is 29.5 Å². The zero-order chi connectivity index (χ0) is 33.8. The van der Waals surface area contributed by atoms with E-state index in [9.17, 15) is 14.7 Å². The van der Waals surface area contributed by atoms with Crippen molar-refractivity contribution in [1.29, 1.82) is 0 Å². The number of carbonyl (C=O) groups is 2. The van der Waals surface area contributed by atoms with Crippen molar-refractivity contribution >= 4 is 45.9 Å². The van der Waals surface area contributed by atoms with Crippen molar-refractivity contribution in [2.75, 3.05) is 10.6 Å². The number of hydrogen-bond acceptors (Lipinski definition) is 7. The van der Waals surface area contributed by atoms with Gasteiger partial charge in [0.05, 0.1) is 52.4 Å². The van der Waals surface area contributed by atoms with Crippen LogP contribution in [0, 0.1) is 0 Å². The molecule has 5 rings (SSSR count). The molecule has 0 atom stereocenters. The van der Waals surface area contributed by atoms with Crippen LogP contribution in [0.1, 0.15) is 68.9 Å². The summed E-state index contributed by atoms with van der Waals surface area (Å²) in [7, 11) is 0. The summed E-state index contributed by atoms with van der Waals surface area (Å²) < 4.78 is 45.7. The van der Waals surface area contributed by atoms with E-state index in [1.165, 1.54) is 24.7 Å². The van der Waals surface area contributed by atoms with Crippen LogP contribution in [-0.4, -0.2) is 51.8 Å². The van der Waals surface area contributed by atoms with Gasteiger partial charge in [0.25, 0.3) is 5.91 Å². The van der Waals surface area contributed by atoms with Crippen molar-refractivity contribution in [2.45, 2.75) is 58.5 Å². The van der Waals surface area contributed by atoms with Crippen LogP contribution >= 0.6 is 11.6 Å². The Balaban J connectivity index is 1.75.